The Morgan fingerprint density at radius 3 is 1.30 bits per heavy atom. The molecule has 10 nitrogen and oxygen atoms in total. The number of anilines is 2. The van der Waals surface area contributed by atoms with Crippen LogP contribution in [0.25, 0.3) is 0 Å². The van der Waals surface area contributed by atoms with Crippen molar-refractivity contribution in [3.8, 4) is 11.5 Å². The van der Waals surface area contributed by atoms with Crippen LogP contribution in [0.3, 0.4) is 0 Å². The van der Waals surface area contributed by atoms with Crippen molar-refractivity contribution in [2.24, 2.45) is 0 Å². The SMILES string of the molecule is COc1c[c-]c(N2C=CN(C)[CH-]2)cc1.COc1c[c-]c(N2C=CN(C)[CH-]2)cc1.[Pt].[Pt].c1cn[n-]c1.c1cn[n-]c1. The van der Waals surface area contributed by atoms with E-state index in [2.05, 4.69) is 32.5 Å². The Morgan fingerprint density at radius 2 is 1.10 bits per heavy atom. The maximum Gasteiger partial charge on any atom is 0.0606 e. The molecule has 0 aliphatic carbocycles. The van der Waals surface area contributed by atoms with Gasteiger partial charge < -0.3 is 49.5 Å². The summed E-state index contributed by atoms with van der Waals surface area (Å²) in [5.74, 6) is 1.65. The van der Waals surface area contributed by atoms with Crippen LogP contribution in [0.4, 0.5) is 11.4 Å². The predicted octanol–water partition coefficient (Wildman–Crippen LogP) is 3.75. The summed E-state index contributed by atoms with van der Waals surface area (Å²) in [5, 5.41) is 13.9. The van der Waals surface area contributed by atoms with E-state index in [9.17, 15) is 0 Å². The molecule has 2 aliphatic rings. The molecule has 2 aromatic heterocycles. The minimum absolute atomic E-state index is 0. The molecule has 2 aliphatic heterocycles. The zero-order valence-corrected chi connectivity index (χ0v) is 27.0. The quantitative estimate of drug-likeness (QED) is 0.283. The summed E-state index contributed by atoms with van der Waals surface area (Å²) in [6.07, 6.45) is 14.5. The number of rotatable bonds is 4. The fraction of sp³-hybridized carbons (Fsp3) is 0.143. The molecule has 0 saturated heterocycles. The molecule has 2 aromatic carbocycles. The van der Waals surface area contributed by atoms with Gasteiger partial charge in [-0.2, -0.15) is 37.9 Å². The molecule has 0 atom stereocenters. The van der Waals surface area contributed by atoms with Crippen LogP contribution in [0, 0.1) is 25.5 Å². The summed E-state index contributed by atoms with van der Waals surface area (Å²) in [7, 11) is 7.27. The molecule has 220 valence electrons. The van der Waals surface area contributed by atoms with Crippen LogP contribution in [-0.2, 0) is 42.1 Å². The maximum absolute atomic E-state index is 5.06. The molecule has 0 fully saturated rings. The van der Waals surface area contributed by atoms with E-state index in [-0.39, 0.29) is 42.1 Å². The van der Waals surface area contributed by atoms with Gasteiger partial charge in [0, 0.05) is 66.0 Å². The molecule has 0 radical (unpaired) electrons. The molecular formula is C28H30N8O2Pt2-6. The van der Waals surface area contributed by atoms with Crippen molar-refractivity contribution < 1.29 is 51.6 Å². The number of nitrogens with zero attached hydrogens (tertiary/aromatic N) is 8. The topological polar surface area (TPSA) is 85.4 Å². The second-order valence-electron chi connectivity index (χ2n) is 7.64. The fourth-order valence-corrected chi connectivity index (χ4v) is 2.95. The van der Waals surface area contributed by atoms with Crippen LogP contribution in [-0.4, -0.2) is 48.3 Å². The number of hydrogen-bond acceptors (Lipinski definition) is 8. The molecule has 4 aromatic rings. The molecule has 40 heavy (non-hydrogen) atoms. The van der Waals surface area contributed by atoms with Gasteiger partial charge in [-0.15, -0.1) is 47.8 Å². The summed E-state index contributed by atoms with van der Waals surface area (Å²) >= 11 is 0. The average Bonchev–Trinajstić information content (AvgIpc) is 3.79. The van der Waals surface area contributed by atoms with E-state index >= 15 is 0 Å². The molecule has 0 bridgehead atoms. The van der Waals surface area contributed by atoms with Gasteiger partial charge in [0.1, 0.15) is 0 Å². The van der Waals surface area contributed by atoms with Crippen molar-refractivity contribution in [1.29, 1.82) is 0 Å². The Kier molecular flexibility index (Phi) is 16.9. The summed E-state index contributed by atoms with van der Waals surface area (Å²) in [6, 6.07) is 21.3. The van der Waals surface area contributed by atoms with Crippen LogP contribution in [0.1, 0.15) is 0 Å². The second-order valence-corrected chi connectivity index (χ2v) is 7.64. The van der Waals surface area contributed by atoms with E-state index < -0.39 is 0 Å². The maximum atomic E-state index is 5.06. The monoisotopic (exact) mass is 900 g/mol. The van der Waals surface area contributed by atoms with Gasteiger partial charge in [-0.05, 0) is 38.9 Å². The summed E-state index contributed by atoms with van der Waals surface area (Å²) < 4.78 is 10.1. The summed E-state index contributed by atoms with van der Waals surface area (Å²) in [4.78, 5) is 7.97. The van der Waals surface area contributed by atoms with Crippen LogP contribution in [0.5, 0.6) is 11.5 Å². The molecular weight excluding hydrogens is 871 g/mol. The molecule has 6 rings (SSSR count). The third-order valence-electron chi connectivity index (χ3n) is 4.85. The normalized spacial score (nSPS) is 12.5. The molecule has 0 unspecified atom stereocenters. The van der Waals surface area contributed by atoms with Crippen molar-refractivity contribution in [2.75, 3.05) is 38.1 Å². The van der Waals surface area contributed by atoms with Crippen molar-refractivity contribution in [3.05, 3.63) is 124 Å². The number of benzene rings is 2. The van der Waals surface area contributed by atoms with Gasteiger partial charge in [-0.3, -0.25) is 0 Å². The largest absolute Gasteiger partial charge is 0.582 e. The van der Waals surface area contributed by atoms with Gasteiger partial charge in [0.25, 0.3) is 0 Å². The third kappa shape index (κ3) is 12.1. The van der Waals surface area contributed by atoms with E-state index in [4.69, 9.17) is 9.47 Å². The zero-order valence-electron chi connectivity index (χ0n) is 22.4. The molecule has 0 saturated carbocycles. The first-order valence-electron chi connectivity index (χ1n) is 11.5. The van der Waals surface area contributed by atoms with E-state index in [1.165, 1.54) is 0 Å². The molecule has 0 spiro atoms. The minimum atomic E-state index is 0. The molecule has 4 heterocycles. The Balaban J connectivity index is 0.000000288. The van der Waals surface area contributed by atoms with Crippen LogP contribution >= 0.6 is 0 Å². The zero-order chi connectivity index (χ0) is 27.0. The smallest absolute Gasteiger partial charge is 0.0606 e. The van der Waals surface area contributed by atoms with Crippen LogP contribution in [0.15, 0.2) is 98.1 Å². The van der Waals surface area contributed by atoms with Crippen molar-refractivity contribution in [1.82, 2.24) is 30.2 Å². The summed E-state index contributed by atoms with van der Waals surface area (Å²) in [6.45, 7) is 3.97. The second kappa shape index (κ2) is 19.6. The number of hydrogen-bond donors (Lipinski definition) is 0. The van der Waals surface area contributed by atoms with Crippen molar-refractivity contribution >= 4 is 11.4 Å². The van der Waals surface area contributed by atoms with E-state index in [1.54, 1.807) is 51.1 Å². The summed E-state index contributed by atoms with van der Waals surface area (Å²) in [5.41, 5.74) is 2.01. The van der Waals surface area contributed by atoms with Gasteiger partial charge in [-0.25, -0.2) is 0 Å². The Labute approximate surface area is 265 Å². The average molecular weight is 901 g/mol. The van der Waals surface area contributed by atoms with E-state index in [0.717, 1.165) is 22.9 Å². The first-order chi connectivity index (χ1) is 18.6. The molecule has 0 amide bonds. The minimum Gasteiger partial charge on any atom is -0.582 e. The molecule has 0 N–H and O–H groups in total. The Bertz CT molecular complexity index is 1060. The van der Waals surface area contributed by atoms with Gasteiger partial charge in [0.15, 0.2) is 0 Å². The van der Waals surface area contributed by atoms with Crippen molar-refractivity contribution in [3.63, 3.8) is 0 Å². The van der Waals surface area contributed by atoms with E-state index in [1.807, 2.05) is 108 Å². The van der Waals surface area contributed by atoms with E-state index in [0.29, 0.717) is 0 Å². The van der Waals surface area contributed by atoms with Gasteiger partial charge >= 0.3 is 0 Å². The third-order valence-corrected chi connectivity index (χ3v) is 4.85. The van der Waals surface area contributed by atoms with Gasteiger partial charge in [0.05, 0.1) is 14.2 Å². The predicted molar refractivity (Wildman–Crippen MR) is 146 cm³/mol. The van der Waals surface area contributed by atoms with Gasteiger partial charge in [-0.1, -0.05) is 12.1 Å². The van der Waals surface area contributed by atoms with Crippen molar-refractivity contribution in [2.45, 2.75) is 0 Å². The Morgan fingerprint density at radius 1 is 0.675 bits per heavy atom. The van der Waals surface area contributed by atoms with Crippen LogP contribution < -0.4 is 29.5 Å². The first-order valence-corrected chi connectivity index (χ1v) is 11.5. The first kappa shape index (κ1) is 34.5. The Hall–Kier alpha value is -3.48. The van der Waals surface area contributed by atoms with Crippen LogP contribution in [0.2, 0.25) is 0 Å². The number of ether oxygens (including phenoxy) is 2. The molecule has 12 heteroatoms. The van der Waals surface area contributed by atoms with Gasteiger partial charge in [0.2, 0.25) is 0 Å². The standard InChI is InChI=1S/2C11H12N2O.2C3H3N2.2Pt/c2*1-12-7-8-13(9-12)10-3-5-11(14-2)6-4-10;2*1-2-4-5-3-1;;/h2*3,5-9H,1-2H3;2*1-3H;;/q2*-2;2*-1;;. The number of methoxy groups -OCH3 is 2. The number of aromatic nitrogens is 4. The fourth-order valence-electron chi connectivity index (χ4n) is 2.95.